The molecule has 0 aliphatic carbocycles. The lowest BCUT2D eigenvalue weighted by Gasteiger charge is -2.26. The molecule has 0 unspecified atom stereocenters. The maximum absolute atomic E-state index is 13.1. The van der Waals surface area contributed by atoms with E-state index < -0.39 is 23.7 Å². The number of rotatable bonds is 4. The van der Waals surface area contributed by atoms with E-state index in [1.807, 2.05) is 6.92 Å². The quantitative estimate of drug-likeness (QED) is 0.590. The van der Waals surface area contributed by atoms with Crippen LogP contribution in [0.5, 0.6) is 5.75 Å². The van der Waals surface area contributed by atoms with E-state index in [1.54, 1.807) is 18.2 Å². The van der Waals surface area contributed by atoms with Crippen molar-refractivity contribution >= 4 is 45.5 Å². The Bertz CT molecular complexity index is 957. The van der Waals surface area contributed by atoms with Gasteiger partial charge in [0.2, 0.25) is 0 Å². The van der Waals surface area contributed by atoms with E-state index >= 15 is 0 Å². The van der Waals surface area contributed by atoms with Gasteiger partial charge in [0, 0.05) is 10.0 Å². The van der Waals surface area contributed by atoms with Gasteiger partial charge in [0.05, 0.1) is 12.3 Å². The number of carbonyl (C=O) groups is 3. The fraction of sp³-hybridized carbons (Fsp3) is 0.105. The zero-order valence-electron chi connectivity index (χ0n) is 14.2. The number of urea groups is 1. The third kappa shape index (κ3) is 3.90. The van der Waals surface area contributed by atoms with Crippen LogP contribution in [-0.2, 0) is 9.59 Å². The maximum Gasteiger partial charge on any atom is 0.335 e. The second-order valence-electron chi connectivity index (χ2n) is 5.55. The van der Waals surface area contributed by atoms with E-state index in [9.17, 15) is 18.8 Å². The highest BCUT2D eigenvalue weighted by Crippen LogP contribution is 2.28. The molecule has 0 spiro atoms. The van der Waals surface area contributed by atoms with Gasteiger partial charge >= 0.3 is 6.03 Å². The van der Waals surface area contributed by atoms with Gasteiger partial charge in [0.15, 0.2) is 0 Å². The largest absolute Gasteiger partial charge is 0.493 e. The van der Waals surface area contributed by atoms with E-state index in [0.29, 0.717) is 17.9 Å². The Kier molecular flexibility index (Phi) is 5.36. The van der Waals surface area contributed by atoms with Crippen LogP contribution in [0.15, 0.2) is 52.5 Å². The van der Waals surface area contributed by atoms with Gasteiger partial charge in [-0.25, -0.2) is 14.1 Å². The minimum Gasteiger partial charge on any atom is -0.493 e. The first-order valence-corrected chi connectivity index (χ1v) is 8.79. The van der Waals surface area contributed by atoms with Crippen molar-refractivity contribution in [3.05, 3.63) is 63.9 Å². The highest BCUT2D eigenvalue weighted by molar-refractivity contribution is 9.10. The van der Waals surface area contributed by atoms with Gasteiger partial charge in [-0.3, -0.25) is 14.9 Å². The fourth-order valence-electron chi connectivity index (χ4n) is 2.56. The second kappa shape index (κ2) is 7.71. The van der Waals surface area contributed by atoms with Gasteiger partial charge in [-0.1, -0.05) is 15.9 Å². The van der Waals surface area contributed by atoms with E-state index in [1.165, 1.54) is 18.2 Å². The van der Waals surface area contributed by atoms with Crippen LogP contribution in [0.1, 0.15) is 12.5 Å². The number of hydrogen-bond donors (Lipinski definition) is 1. The first kappa shape index (κ1) is 18.8. The normalized spacial score (nSPS) is 15.9. The van der Waals surface area contributed by atoms with Gasteiger partial charge in [-0.15, -0.1) is 0 Å². The van der Waals surface area contributed by atoms with Gasteiger partial charge in [0.25, 0.3) is 11.8 Å². The molecule has 8 heteroatoms. The van der Waals surface area contributed by atoms with Crippen molar-refractivity contribution in [3.8, 4) is 5.75 Å². The predicted octanol–water partition coefficient (Wildman–Crippen LogP) is 3.65. The number of nitrogens with one attached hydrogen (secondary N) is 1. The van der Waals surface area contributed by atoms with Crippen LogP contribution in [0.25, 0.3) is 6.08 Å². The highest BCUT2D eigenvalue weighted by Gasteiger charge is 2.37. The molecule has 0 aromatic heterocycles. The monoisotopic (exact) mass is 432 g/mol. The van der Waals surface area contributed by atoms with E-state index in [-0.39, 0.29) is 11.3 Å². The molecule has 6 nitrogen and oxygen atoms in total. The Morgan fingerprint density at radius 1 is 1.15 bits per heavy atom. The molecule has 4 amide bonds. The van der Waals surface area contributed by atoms with Crippen molar-refractivity contribution in [1.82, 2.24) is 5.32 Å². The lowest BCUT2D eigenvalue weighted by molar-refractivity contribution is -0.122. The zero-order valence-corrected chi connectivity index (χ0v) is 15.7. The third-order valence-electron chi connectivity index (χ3n) is 3.76. The smallest absolute Gasteiger partial charge is 0.335 e. The molecular formula is C19H14BrFN2O4. The summed E-state index contributed by atoms with van der Waals surface area (Å²) in [5.41, 5.74) is 0.410. The summed E-state index contributed by atoms with van der Waals surface area (Å²) in [6.45, 7) is 2.21. The summed E-state index contributed by atoms with van der Waals surface area (Å²) in [4.78, 5) is 38.0. The van der Waals surface area contributed by atoms with Crippen molar-refractivity contribution in [2.24, 2.45) is 0 Å². The van der Waals surface area contributed by atoms with Crippen LogP contribution < -0.4 is 15.0 Å². The molecule has 1 aliphatic heterocycles. The van der Waals surface area contributed by atoms with Gasteiger partial charge in [-0.2, -0.15) is 0 Å². The van der Waals surface area contributed by atoms with E-state index in [0.717, 1.165) is 21.5 Å². The Balaban J connectivity index is 2.04. The summed E-state index contributed by atoms with van der Waals surface area (Å²) in [6, 6.07) is 9.08. The number of hydrogen-bond acceptors (Lipinski definition) is 4. The Morgan fingerprint density at radius 3 is 2.52 bits per heavy atom. The molecule has 1 N–H and O–H groups in total. The number of ether oxygens (including phenoxy) is 1. The molecule has 0 bridgehead atoms. The first-order chi connectivity index (χ1) is 12.9. The van der Waals surface area contributed by atoms with Crippen molar-refractivity contribution in [1.29, 1.82) is 0 Å². The van der Waals surface area contributed by atoms with Crippen LogP contribution in [0, 0.1) is 5.82 Å². The first-order valence-electron chi connectivity index (χ1n) is 8.00. The molecule has 0 saturated carbocycles. The third-order valence-corrected chi connectivity index (χ3v) is 4.25. The van der Waals surface area contributed by atoms with Gasteiger partial charge in [0.1, 0.15) is 17.1 Å². The Hall–Kier alpha value is -3.00. The molecule has 27 heavy (non-hydrogen) atoms. The number of nitrogens with zero attached hydrogens (tertiary/aromatic N) is 1. The van der Waals surface area contributed by atoms with Crippen molar-refractivity contribution in [2.45, 2.75) is 6.92 Å². The number of barbiturate groups is 1. The summed E-state index contributed by atoms with van der Waals surface area (Å²) >= 11 is 3.34. The molecule has 1 saturated heterocycles. The van der Waals surface area contributed by atoms with E-state index in [4.69, 9.17) is 4.74 Å². The van der Waals surface area contributed by atoms with Crippen LogP contribution in [0.3, 0.4) is 0 Å². The van der Waals surface area contributed by atoms with Crippen LogP contribution in [0.2, 0.25) is 0 Å². The number of halogens is 2. The lowest BCUT2D eigenvalue weighted by Crippen LogP contribution is -2.54. The topological polar surface area (TPSA) is 75.7 Å². The molecular weight excluding hydrogens is 419 g/mol. The van der Waals surface area contributed by atoms with Crippen molar-refractivity contribution in [2.75, 3.05) is 11.5 Å². The predicted molar refractivity (Wildman–Crippen MR) is 101 cm³/mol. The summed E-state index contributed by atoms with van der Waals surface area (Å²) in [5, 5.41) is 2.12. The molecule has 1 aliphatic rings. The van der Waals surface area contributed by atoms with Crippen LogP contribution in [-0.4, -0.2) is 24.5 Å². The maximum atomic E-state index is 13.1. The second-order valence-corrected chi connectivity index (χ2v) is 6.47. The Labute approximate surface area is 162 Å². The number of benzene rings is 2. The molecule has 1 heterocycles. The number of amides is 4. The fourth-order valence-corrected chi connectivity index (χ4v) is 2.94. The molecule has 0 radical (unpaired) electrons. The number of carbonyl (C=O) groups excluding carboxylic acids is 3. The average molecular weight is 433 g/mol. The zero-order chi connectivity index (χ0) is 19.6. The van der Waals surface area contributed by atoms with Crippen molar-refractivity contribution in [3.63, 3.8) is 0 Å². The summed E-state index contributed by atoms with van der Waals surface area (Å²) in [7, 11) is 0. The summed E-state index contributed by atoms with van der Waals surface area (Å²) < 4.78 is 19.4. The molecule has 2 aromatic carbocycles. The van der Waals surface area contributed by atoms with Crippen LogP contribution >= 0.6 is 15.9 Å². The highest BCUT2D eigenvalue weighted by atomic mass is 79.9. The lowest BCUT2D eigenvalue weighted by atomic mass is 10.1. The molecule has 138 valence electrons. The van der Waals surface area contributed by atoms with Gasteiger partial charge < -0.3 is 4.74 Å². The molecule has 0 atom stereocenters. The SMILES string of the molecule is CCOc1ccc(Br)cc1/C=C1\C(=O)NC(=O)N(c2ccc(F)cc2)C1=O. The molecule has 1 fully saturated rings. The van der Waals surface area contributed by atoms with E-state index in [2.05, 4.69) is 21.2 Å². The standard InChI is InChI=1S/C19H14BrFN2O4/c1-2-27-16-8-3-12(20)9-11(16)10-15-17(24)22-19(26)23(18(15)25)14-6-4-13(21)5-7-14/h3-10H,2H2,1H3,(H,22,24,26)/b15-10+. The summed E-state index contributed by atoms with van der Waals surface area (Å²) in [5.74, 6) is -1.64. The number of anilines is 1. The summed E-state index contributed by atoms with van der Waals surface area (Å²) in [6.07, 6.45) is 1.36. The molecule has 2 aromatic rings. The van der Waals surface area contributed by atoms with Gasteiger partial charge in [-0.05, 0) is 55.5 Å². The number of imide groups is 2. The Morgan fingerprint density at radius 2 is 1.85 bits per heavy atom. The van der Waals surface area contributed by atoms with Crippen LogP contribution in [0.4, 0.5) is 14.9 Å². The minimum atomic E-state index is -0.895. The average Bonchev–Trinajstić information content (AvgIpc) is 2.62. The minimum absolute atomic E-state index is 0.150. The van der Waals surface area contributed by atoms with Crippen molar-refractivity contribution < 1.29 is 23.5 Å². The molecule has 3 rings (SSSR count).